The van der Waals surface area contributed by atoms with E-state index in [1.807, 2.05) is 0 Å². The predicted molar refractivity (Wildman–Crippen MR) is 22.3 cm³/mol. The van der Waals surface area contributed by atoms with Crippen LogP contribution in [0.3, 0.4) is 0 Å². The Morgan fingerprint density at radius 1 is 0.857 bits per heavy atom. The van der Waals surface area contributed by atoms with Gasteiger partial charge in [-0.05, 0) is 0 Å². The van der Waals surface area contributed by atoms with Crippen LogP contribution in [-0.2, 0) is 0 Å². The zero-order chi connectivity index (χ0) is 2.00. The van der Waals surface area contributed by atoms with Gasteiger partial charge in [0.05, 0.1) is 0 Å². The normalized spacial score (nSPS) is 0.857. The topological polar surface area (TPSA) is 53.1 Å². The second-order valence-corrected chi connectivity index (χ2v) is 0. The summed E-state index contributed by atoms with van der Waals surface area (Å²) >= 11 is 3.39. The minimum absolute atomic E-state index is 0. The minimum atomic E-state index is 0. The Kier molecular flexibility index (Phi) is 516. The molecule has 1 N–H and O–H groups in total. The Balaban J connectivity index is -0.000000000500. The van der Waals surface area contributed by atoms with Crippen LogP contribution >= 0.6 is 36.7 Å². The zero-order valence-corrected chi connectivity index (χ0v) is 10.4. The van der Waals surface area contributed by atoms with E-state index in [4.69, 9.17) is 4.66 Å². The van der Waals surface area contributed by atoms with Crippen molar-refractivity contribution in [3.8, 4) is 0 Å². The van der Waals surface area contributed by atoms with Crippen LogP contribution in [0.15, 0.2) is 0 Å². The molecule has 7 heavy (non-hydrogen) atoms. The molecule has 0 radical (unpaired) electrons. The van der Waals surface area contributed by atoms with Crippen molar-refractivity contribution in [1.82, 2.24) is 0 Å². The van der Waals surface area contributed by atoms with Gasteiger partial charge in [0.25, 0.3) is 0 Å². The van der Waals surface area contributed by atoms with Crippen molar-refractivity contribution in [3.63, 3.8) is 0 Å². The van der Waals surface area contributed by atoms with Crippen molar-refractivity contribution in [1.29, 1.82) is 0 Å². The summed E-state index contributed by atoms with van der Waals surface area (Å²) in [5.41, 5.74) is 0. The third kappa shape index (κ3) is 52.1. The van der Waals surface area contributed by atoms with E-state index in [1.54, 1.807) is 0 Å². The average molecular weight is 187 g/mol. The monoisotopic (exact) mass is 186 g/mol. The Morgan fingerprint density at radius 3 is 0.857 bits per heavy atom. The maximum atomic E-state index is 7.72. The van der Waals surface area contributed by atoms with Gasteiger partial charge < -0.3 is 10.1 Å². The SMILES string of the molecule is Cl.Cl.[Na+].[Na+].[O-]Cl.[OH-]. The van der Waals surface area contributed by atoms with Crippen LogP contribution in [-0.4, -0.2) is 5.48 Å². The van der Waals surface area contributed by atoms with Gasteiger partial charge >= 0.3 is 59.1 Å². The molecule has 0 unspecified atom stereocenters. The number of rotatable bonds is 0. The first-order chi connectivity index (χ1) is 1.00. The Morgan fingerprint density at radius 2 is 0.857 bits per heavy atom. The molecule has 38 valence electrons. The first kappa shape index (κ1) is 52.7. The molecule has 7 heteroatoms. The van der Waals surface area contributed by atoms with Crippen molar-refractivity contribution in [3.05, 3.63) is 0 Å². The van der Waals surface area contributed by atoms with E-state index in [1.165, 1.54) is 0 Å². The van der Waals surface area contributed by atoms with Crippen LogP contribution in [0.4, 0.5) is 0 Å². The van der Waals surface area contributed by atoms with Gasteiger partial charge in [-0.25, -0.2) is 11.9 Å². The fraction of sp³-hybridized carbons (Fsp3) is 0. The molecule has 0 aromatic rings. The van der Waals surface area contributed by atoms with Crippen molar-refractivity contribution >= 4 is 36.7 Å². The molecular weight excluding hydrogens is 184 g/mol. The van der Waals surface area contributed by atoms with Crippen LogP contribution in [0.2, 0.25) is 0 Å². The van der Waals surface area contributed by atoms with E-state index in [9.17, 15) is 0 Å². The molecule has 0 aromatic heterocycles. The third-order valence-electron chi connectivity index (χ3n) is 0. The number of hydrogen-bond acceptors (Lipinski definition) is 2. The van der Waals surface area contributed by atoms with Gasteiger partial charge in [0.2, 0.25) is 0 Å². The number of halogens is 3. The standard InChI is InChI=1S/ClO.2ClH.2Na.H2O/c1-2;;;;;/h;2*1H;;;1H2/q-1;;;2*+1;/p-1. The molecule has 0 aliphatic heterocycles. The van der Waals surface area contributed by atoms with E-state index >= 15 is 0 Å². The molecule has 0 spiro atoms. The smallest absolute Gasteiger partial charge is 0.870 e. The molecule has 0 fully saturated rings. The Bertz CT molecular complexity index is 10.9. The van der Waals surface area contributed by atoms with Crippen LogP contribution in [0, 0.1) is 0 Å². The summed E-state index contributed by atoms with van der Waals surface area (Å²) in [6, 6.07) is 0. The summed E-state index contributed by atoms with van der Waals surface area (Å²) in [5, 5.41) is 0. The molecular formula is H3Cl3Na2O2. The number of hydrogen-bond donors (Lipinski definition) is 0. The fourth-order valence-corrected chi connectivity index (χ4v) is 0. The van der Waals surface area contributed by atoms with E-state index in [-0.39, 0.29) is 89.4 Å². The van der Waals surface area contributed by atoms with E-state index in [0.29, 0.717) is 0 Å². The maximum absolute atomic E-state index is 7.72. The molecule has 0 atom stereocenters. The predicted octanol–water partition coefficient (Wildman–Crippen LogP) is -5.82. The van der Waals surface area contributed by atoms with Gasteiger partial charge in [-0.3, -0.25) is 0 Å². The van der Waals surface area contributed by atoms with Gasteiger partial charge in [-0.1, -0.05) is 0 Å². The molecule has 0 amide bonds. The zero-order valence-electron chi connectivity index (χ0n) is 4.05. The third-order valence-corrected chi connectivity index (χ3v) is 0. The molecule has 0 aliphatic carbocycles. The molecule has 0 rings (SSSR count). The summed E-state index contributed by atoms with van der Waals surface area (Å²) in [7, 11) is 0. The molecule has 0 aromatic carbocycles. The molecule has 0 saturated heterocycles. The van der Waals surface area contributed by atoms with Crippen molar-refractivity contribution in [2.24, 2.45) is 0 Å². The van der Waals surface area contributed by atoms with Gasteiger partial charge in [0, 0.05) is 0 Å². The maximum Gasteiger partial charge on any atom is 1.00 e. The van der Waals surface area contributed by atoms with Crippen molar-refractivity contribution < 1.29 is 69.2 Å². The first-order valence-electron chi connectivity index (χ1n) is 0.154. The summed E-state index contributed by atoms with van der Waals surface area (Å²) in [6.07, 6.45) is 0. The largest absolute Gasteiger partial charge is 1.00 e. The second-order valence-electron chi connectivity index (χ2n) is 0. The van der Waals surface area contributed by atoms with Crippen LogP contribution < -0.4 is 63.8 Å². The summed E-state index contributed by atoms with van der Waals surface area (Å²) < 4.78 is 7.72. The molecule has 0 bridgehead atoms. The molecule has 0 aliphatic rings. The average Bonchev–Trinajstić information content (AvgIpc) is 1.00. The van der Waals surface area contributed by atoms with Crippen molar-refractivity contribution in [2.45, 2.75) is 0 Å². The minimum Gasteiger partial charge on any atom is -0.870 e. The Hall–Kier alpha value is 2.79. The van der Waals surface area contributed by atoms with Gasteiger partial charge in [-0.2, -0.15) is 0 Å². The molecule has 0 saturated carbocycles. The van der Waals surface area contributed by atoms with Gasteiger partial charge in [0.15, 0.2) is 0 Å². The van der Waals surface area contributed by atoms with E-state index in [0.717, 1.165) is 0 Å². The quantitative estimate of drug-likeness (QED) is 0.355. The van der Waals surface area contributed by atoms with E-state index in [2.05, 4.69) is 11.9 Å². The first-order valence-corrected chi connectivity index (χ1v) is 0.463. The summed E-state index contributed by atoms with van der Waals surface area (Å²) in [5.74, 6) is 0. The van der Waals surface area contributed by atoms with Crippen molar-refractivity contribution in [2.75, 3.05) is 0 Å². The van der Waals surface area contributed by atoms with Gasteiger partial charge in [-0.15, -0.1) is 24.8 Å². The molecule has 0 heterocycles. The molecule has 2 nitrogen and oxygen atoms in total. The van der Waals surface area contributed by atoms with Gasteiger partial charge in [0.1, 0.15) is 0 Å². The van der Waals surface area contributed by atoms with Crippen LogP contribution in [0.5, 0.6) is 0 Å². The van der Waals surface area contributed by atoms with Crippen LogP contribution in [0.1, 0.15) is 0 Å². The fourth-order valence-electron chi connectivity index (χ4n) is 0. The van der Waals surface area contributed by atoms with Crippen LogP contribution in [0.25, 0.3) is 0 Å². The summed E-state index contributed by atoms with van der Waals surface area (Å²) in [4.78, 5) is 0. The second kappa shape index (κ2) is 68.5. The summed E-state index contributed by atoms with van der Waals surface area (Å²) in [6.45, 7) is 0. The van der Waals surface area contributed by atoms with E-state index < -0.39 is 0 Å². The Labute approximate surface area is 104 Å².